The van der Waals surface area contributed by atoms with E-state index in [4.69, 9.17) is 28.4 Å². The average molecular weight is 707 g/mol. The summed E-state index contributed by atoms with van der Waals surface area (Å²) in [6, 6.07) is 0. The molecule has 0 saturated carbocycles. The van der Waals surface area contributed by atoms with Crippen molar-refractivity contribution in [3.05, 3.63) is 24.3 Å². The van der Waals surface area contributed by atoms with Crippen molar-refractivity contribution >= 4 is 11.9 Å². The predicted molar refractivity (Wildman–Crippen MR) is 201 cm³/mol. The Hall–Kier alpha value is -1.74. The van der Waals surface area contributed by atoms with Gasteiger partial charge in [0.2, 0.25) is 0 Å². The summed E-state index contributed by atoms with van der Waals surface area (Å²) in [7, 11) is 1.50. The van der Waals surface area contributed by atoms with Gasteiger partial charge in [0, 0.05) is 19.3 Å². The van der Waals surface area contributed by atoms with Gasteiger partial charge < -0.3 is 28.4 Å². The minimum atomic E-state index is -0.923. The molecule has 0 aromatic rings. The third kappa shape index (κ3) is 19.8. The average Bonchev–Trinajstić information content (AvgIpc) is 3.43. The lowest BCUT2D eigenvalue weighted by atomic mass is 9.99. The highest BCUT2D eigenvalue weighted by atomic mass is 16.8. The van der Waals surface area contributed by atoms with Crippen molar-refractivity contribution in [1.29, 1.82) is 0 Å². The summed E-state index contributed by atoms with van der Waals surface area (Å²) in [4.78, 5) is 25.3. The number of carbonyl (C=O) groups excluding carboxylic acids is 2. The zero-order chi connectivity index (χ0) is 36.3. The molecule has 2 aliphatic rings. The van der Waals surface area contributed by atoms with Gasteiger partial charge >= 0.3 is 11.9 Å². The van der Waals surface area contributed by atoms with E-state index in [0.29, 0.717) is 0 Å². The molecular weight excluding hydrogens is 632 g/mol. The molecule has 0 N–H and O–H groups in total. The molecule has 50 heavy (non-hydrogen) atoms. The summed E-state index contributed by atoms with van der Waals surface area (Å²) in [6.45, 7) is 8.10. The number of allylic oxidation sites excluding steroid dienone is 2. The molecule has 2 aliphatic heterocycles. The zero-order valence-corrected chi connectivity index (χ0v) is 32.6. The van der Waals surface area contributed by atoms with Crippen molar-refractivity contribution in [3.63, 3.8) is 0 Å². The van der Waals surface area contributed by atoms with Crippen LogP contribution in [-0.4, -0.2) is 62.1 Å². The highest BCUT2D eigenvalue weighted by Crippen LogP contribution is 2.39. The number of rotatable bonds is 30. The summed E-state index contributed by atoms with van der Waals surface area (Å²) in [5, 5.41) is 0. The monoisotopic (exact) mass is 707 g/mol. The molecule has 0 radical (unpaired) electrons. The first kappa shape index (κ1) is 44.4. The van der Waals surface area contributed by atoms with E-state index in [1.807, 2.05) is 12.2 Å². The van der Waals surface area contributed by atoms with Crippen LogP contribution in [-0.2, 0) is 38.0 Å². The molecule has 0 amide bonds. The maximum atomic E-state index is 12.8. The van der Waals surface area contributed by atoms with Gasteiger partial charge in [-0.3, -0.25) is 0 Å². The second-order valence-electron chi connectivity index (χ2n) is 14.8. The number of hydrogen-bond donors (Lipinski definition) is 0. The fourth-order valence-electron chi connectivity index (χ4n) is 6.88. The van der Waals surface area contributed by atoms with E-state index in [2.05, 4.69) is 13.8 Å². The predicted octanol–water partition coefficient (Wildman–Crippen LogP) is 10.8. The maximum absolute atomic E-state index is 12.8. The topological polar surface area (TPSA) is 89.5 Å². The number of hydrogen-bond acceptors (Lipinski definition) is 8. The summed E-state index contributed by atoms with van der Waals surface area (Å²) in [5.41, 5.74) is 0. The smallest absolute Gasteiger partial charge is 0.330 e. The van der Waals surface area contributed by atoms with Crippen molar-refractivity contribution in [2.75, 3.05) is 13.7 Å². The largest absolute Gasteiger partial charge is 0.460 e. The Bertz CT molecular complexity index is 931. The number of ether oxygens (including phenoxy) is 6. The number of esters is 2. The first-order valence-corrected chi connectivity index (χ1v) is 20.6. The zero-order valence-electron chi connectivity index (χ0n) is 32.6. The van der Waals surface area contributed by atoms with Crippen molar-refractivity contribution in [2.45, 2.75) is 218 Å². The van der Waals surface area contributed by atoms with Gasteiger partial charge in [-0.25, -0.2) is 9.59 Å². The number of methoxy groups -OCH3 is 1. The summed E-state index contributed by atoms with van der Waals surface area (Å²) in [6.07, 6.45) is 33.3. The summed E-state index contributed by atoms with van der Waals surface area (Å²) >= 11 is 0. The molecule has 0 unspecified atom stereocenters. The second kappa shape index (κ2) is 27.9. The quantitative estimate of drug-likeness (QED) is 0.0414. The van der Waals surface area contributed by atoms with E-state index >= 15 is 0 Å². The van der Waals surface area contributed by atoms with Crippen LogP contribution in [0.1, 0.15) is 182 Å². The molecule has 0 aromatic heterocycles. The van der Waals surface area contributed by atoms with Gasteiger partial charge in [0.1, 0.15) is 24.9 Å². The van der Waals surface area contributed by atoms with Crippen molar-refractivity contribution in [2.24, 2.45) is 0 Å². The number of unbranched alkanes of at least 4 members (excludes halogenated alkanes) is 22. The van der Waals surface area contributed by atoms with E-state index in [1.165, 1.54) is 148 Å². The van der Waals surface area contributed by atoms with Crippen LogP contribution in [0.2, 0.25) is 0 Å². The summed E-state index contributed by atoms with van der Waals surface area (Å²) < 4.78 is 35.4. The van der Waals surface area contributed by atoms with Crippen molar-refractivity contribution in [3.8, 4) is 0 Å². The Kier molecular flexibility index (Phi) is 24.7. The highest BCUT2D eigenvalue weighted by Gasteiger charge is 2.57. The van der Waals surface area contributed by atoms with Crippen LogP contribution in [0.5, 0.6) is 0 Å². The van der Waals surface area contributed by atoms with Crippen LogP contribution in [0, 0.1) is 0 Å². The first-order valence-electron chi connectivity index (χ1n) is 20.6. The van der Waals surface area contributed by atoms with Crippen molar-refractivity contribution < 1.29 is 38.0 Å². The Morgan fingerprint density at radius 2 is 1.02 bits per heavy atom. The van der Waals surface area contributed by atoms with Gasteiger partial charge in [-0.15, -0.1) is 0 Å². The van der Waals surface area contributed by atoms with E-state index in [-0.39, 0.29) is 6.61 Å². The number of fused-ring (bicyclic) bond motifs is 1. The summed E-state index contributed by atoms with van der Waals surface area (Å²) in [5.74, 6) is -1.81. The van der Waals surface area contributed by atoms with Gasteiger partial charge in [-0.05, 0) is 39.5 Å². The van der Waals surface area contributed by atoms with Gasteiger partial charge in [-0.2, -0.15) is 0 Å². The number of carbonyl (C=O) groups is 2. The molecule has 8 nitrogen and oxygen atoms in total. The molecule has 8 heteroatoms. The Labute approximate surface area is 305 Å². The standard InChI is InChI=1S/C42H74O8/c1-6-8-10-12-14-16-18-20-22-24-26-28-30-32-36(43)46-34-35-38-39(50-42(3,4)49-38)40(41(45-5)47-35)48-37(44)33-31-29-27-25-23-21-19-17-15-13-11-9-7-2/h30-33,35,38-41H,6-29,34H2,1-5H3/b32-30+,33-31+/t35-,38+,39+,40-,41+/m1/s1. The molecular formula is C42H74O8. The molecule has 0 aromatic carbocycles. The van der Waals surface area contributed by atoms with Crippen molar-refractivity contribution in [1.82, 2.24) is 0 Å². The molecule has 0 aliphatic carbocycles. The lowest BCUT2D eigenvalue weighted by Crippen LogP contribution is -2.59. The van der Waals surface area contributed by atoms with Gasteiger partial charge in [0.15, 0.2) is 18.2 Å². The maximum Gasteiger partial charge on any atom is 0.330 e. The Morgan fingerprint density at radius 3 is 1.48 bits per heavy atom. The molecule has 2 rings (SSSR count). The molecule has 2 saturated heterocycles. The lowest BCUT2D eigenvalue weighted by molar-refractivity contribution is -0.278. The fraction of sp³-hybridized carbons (Fsp3) is 0.857. The van der Waals surface area contributed by atoms with Crippen LogP contribution in [0.3, 0.4) is 0 Å². The normalized spacial score (nSPS) is 23.1. The minimum absolute atomic E-state index is 0.0262. The lowest BCUT2D eigenvalue weighted by Gasteiger charge is -2.40. The molecule has 290 valence electrons. The van der Waals surface area contributed by atoms with Crippen LogP contribution >= 0.6 is 0 Å². The molecule has 2 heterocycles. The first-order chi connectivity index (χ1) is 24.3. The van der Waals surface area contributed by atoms with Gasteiger partial charge in [-0.1, -0.05) is 154 Å². The van der Waals surface area contributed by atoms with Gasteiger partial charge in [0.25, 0.3) is 0 Å². The van der Waals surface area contributed by atoms with Gasteiger partial charge in [0.05, 0.1) is 0 Å². The van der Waals surface area contributed by atoms with E-state index in [1.54, 1.807) is 13.8 Å². The fourth-order valence-corrected chi connectivity index (χ4v) is 6.88. The molecule has 0 spiro atoms. The SMILES string of the molecule is CCCCCCCCCCCCC/C=C/C(=O)OC[C@H]1O[C@H](OC)[C@H](OC(=O)/C=C/CCCCCCCCCCCCC)[C@H]2OC(C)(C)O[C@H]21. The second-order valence-corrected chi connectivity index (χ2v) is 14.8. The Morgan fingerprint density at radius 1 is 0.600 bits per heavy atom. The van der Waals surface area contributed by atoms with Crippen LogP contribution in [0.15, 0.2) is 24.3 Å². The van der Waals surface area contributed by atoms with E-state index in [9.17, 15) is 9.59 Å². The van der Waals surface area contributed by atoms with Crippen LogP contribution in [0.4, 0.5) is 0 Å². The minimum Gasteiger partial charge on any atom is -0.460 e. The van der Waals surface area contributed by atoms with E-state index in [0.717, 1.165) is 25.7 Å². The molecule has 5 atom stereocenters. The highest BCUT2D eigenvalue weighted by molar-refractivity contribution is 5.82. The third-order valence-electron chi connectivity index (χ3n) is 9.76. The third-order valence-corrected chi connectivity index (χ3v) is 9.76. The molecule has 0 bridgehead atoms. The van der Waals surface area contributed by atoms with Crippen LogP contribution < -0.4 is 0 Å². The van der Waals surface area contributed by atoms with Crippen LogP contribution in [0.25, 0.3) is 0 Å². The van der Waals surface area contributed by atoms with E-state index < -0.39 is 48.4 Å². The Balaban J connectivity index is 1.66. The molecule has 2 fully saturated rings.